The van der Waals surface area contributed by atoms with Crippen LogP contribution in [0.25, 0.3) is 0 Å². The number of fused-ring (bicyclic) bond motifs is 12. The molecule has 2 bridgehead atoms. The lowest BCUT2D eigenvalue weighted by Gasteiger charge is -2.69. The van der Waals surface area contributed by atoms with E-state index in [9.17, 15) is 14.9 Å². The van der Waals surface area contributed by atoms with Gasteiger partial charge in [-0.05, 0) is 178 Å². The van der Waals surface area contributed by atoms with Gasteiger partial charge in [0.1, 0.15) is 11.7 Å². The molecule has 2 fully saturated rings. The van der Waals surface area contributed by atoms with Crippen molar-refractivity contribution in [1.82, 2.24) is 0 Å². The molecule has 3 heterocycles. The van der Waals surface area contributed by atoms with Crippen molar-refractivity contribution >= 4 is 0 Å². The zero-order valence-corrected chi connectivity index (χ0v) is 62.4. The Morgan fingerprint density at radius 1 is 0.393 bits per heavy atom. The number of aliphatic hydroxyl groups is 2. The summed E-state index contributed by atoms with van der Waals surface area (Å²) in [5, 5.41) is 24.4. The zero-order valence-electron chi connectivity index (χ0n) is 62.4. The third-order valence-electron chi connectivity index (χ3n) is 26.1. The third-order valence-corrected chi connectivity index (χ3v) is 26.1. The van der Waals surface area contributed by atoms with E-state index in [2.05, 4.69) is 256 Å². The number of aliphatic hydroxyl groups excluding tert-OH is 2. The molecule has 2 N–H and O–H groups in total. The molecular formula is C83H128O6. The standard InChI is InChI=1S/C83H128O6/c1-31-71(11,12)53-39-57-51(9)60-42-56(74(17,18)34-4)46-64(78(25,26)38-8)68(60)83(80(29,30)48-85)88-69(65(57)61(43-53)75(19,20)35-5)81(49-86-70(87-50-81)79(27,28)47-84)82(89-83)66-58(40-54(72(13,14)32-2)44-62(66)76(21,22)36-6)52(10)59-41-55(73(15,16)33-3)45-63(67(59)82)77(23,24)37-7/h39-46,51-52,69-70,84-85H,31-38,47-50H2,1-30H3. The van der Waals surface area contributed by atoms with Crippen molar-refractivity contribution in [3.05, 3.63) is 138 Å². The Morgan fingerprint density at radius 2 is 0.697 bits per heavy atom. The number of hydrogen-bond donors (Lipinski definition) is 2. The van der Waals surface area contributed by atoms with Gasteiger partial charge in [-0.15, -0.1) is 0 Å². The first-order valence-corrected chi connectivity index (χ1v) is 35.5. The van der Waals surface area contributed by atoms with Gasteiger partial charge in [-0.1, -0.05) is 256 Å². The molecule has 0 radical (unpaired) electrons. The largest absolute Gasteiger partial charge is 0.396 e. The average molecular weight is 1220 g/mol. The van der Waals surface area contributed by atoms with E-state index in [1.807, 2.05) is 0 Å². The lowest BCUT2D eigenvalue weighted by molar-refractivity contribution is -0.464. The molecule has 0 amide bonds. The van der Waals surface area contributed by atoms with Crippen molar-refractivity contribution in [2.45, 2.75) is 338 Å². The predicted octanol–water partition coefficient (Wildman–Crippen LogP) is 21.4. The number of rotatable bonds is 20. The maximum atomic E-state index is 13.0. The molecule has 4 aliphatic rings. The summed E-state index contributed by atoms with van der Waals surface area (Å²) in [7, 11) is 0. The number of hydrogen-bond acceptors (Lipinski definition) is 6. The average Bonchev–Trinajstić information content (AvgIpc) is 0.647. The number of benzene rings is 4. The highest BCUT2D eigenvalue weighted by atomic mass is 16.7. The quantitative estimate of drug-likeness (QED) is 0.0918. The van der Waals surface area contributed by atoms with Crippen LogP contribution in [0, 0.1) is 16.2 Å². The molecule has 89 heavy (non-hydrogen) atoms. The molecule has 3 unspecified atom stereocenters. The molecule has 3 atom stereocenters. The van der Waals surface area contributed by atoms with E-state index in [4.69, 9.17) is 14.2 Å². The smallest absolute Gasteiger partial charge is 0.204 e. The van der Waals surface area contributed by atoms with Gasteiger partial charge < -0.3 is 29.2 Å². The highest BCUT2D eigenvalue weighted by Crippen LogP contribution is 2.75. The van der Waals surface area contributed by atoms with Gasteiger partial charge in [0.15, 0.2) is 6.29 Å². The van der Waals surface area contributed by atoms with Gasteiger partial charge in [0.05, 0.1) is 31.8 Å². The SMILES string of the molecule is CCC(C)(C)c1cc2c(c(C(C)(C)CC)c1)C1OC(C(C)(C)CO)(OC3(c4c(cc(C(C)(C)CC)cc4C(C)(C)CC)C(C)c4cc(C(C)(C)CC)cc(C(C)(C)CC)c43)C13COC(C(C)(C)CO)OC3)c1c(cc(C(C)(C)CC)cc1C(C)(C)CC)C2C. The summed E-state index contributed by atoms with van der Waals surface area (Å²) in [6, 6.07) is 20.8. The molecular weight excluding hydrogens is 1090 g/mol. The molecule has 0 aromatic heterocycles. The van der Waals surface area contributed by atoms with E-state index in [1.165, 1.54) is 83.5 Å². The monoisotopic (exact) mass is 1220 g/mol. The fourth-order valence-electron chi connectivity index (χ4n) is 15.3. The molecule has 0 saturated carbocycles. The maximum absolute atomic E-state index is 13.0. The van der Waals surface area contributed by atoms with Crippen LogP contribution in [-0.4, -0.2) is 42.9 Å². The van der Waals surface area contributed by atoms with Gasteiger partial charge in [0.25, 0.3) is 0 Å². The van der Waals surface area contributed by atoms with Crippen LogP contribution < -0.4 is 0 Å². The molecule has 2 spiro atoms. The van der Waals surface area contributed by atoms with E-state index < -0.39 is 40.0 Å². The van der Waals surface area contributed by atoms with Crippen molar-refractivity contribution in [3.8, 4) is 0 Å². The van der Waals surface area contributed by atoms with Gasteiger partial charge in [-0.25, -0.2) is 0 Å². The fraction of sp³-hybridized carbons (Fsp3) is 0.711. The van der Waals surface area contributed by atoms with E-state index in [1.54, 1.807) is 0 Å². The summed E-state index contributed by atoms with van der Waals surface area (Å²) in [5.41, 5.74) is 13.4. The molecule has 3 aliphatic heterocycles. The summed E-state index contributed by atoms with van der Waals surface area (Å²) in [5.74, 6) is -1.87. The fourth-order valence-corrected chi connectivity index (χ4v) is 15.3. The van der Waals surface area contributed by atoms with Crippen LogP contribution in [0.3, 0.4) is 0 Å². The second-order valence-electron chi connectivity index (χ2n) is 35.5. The minimum atomic E-state index is -1.65. The summed E-state index contributed by atoms with van der Waals surface area (Å²) >= 11 is 0. The Kier molecular flexibility index (Phi) is 18.9. The molecule has 4 aromatic carbocycles. The van der Waals surface area contributed by atoms with Gasteiger partial charge in [0, 0.05) is 28.2 Å². The van der Waals surface area contributed by atoms with Crippen molar-refractivity contribution in [3.63, 3.8) is 0 Å². The van der Waals surface area contributed by atoms with Gasteiger partial charge in [0.2, 0.25) is 5.79 Å². The topological polar surface area (TPSA) is 77.4 Å². The summed E-state index contributed by atoms with van der Waals surface area (Å²) in [4.78, 5) is 0. The minimum absolute atomic E-state index is 0.0633. The molecule has 8 rings (SSSR count). The van der Waals surface area contributed by atoms with Crippen LogP contribution in [-0.2, 0) is 73.7 Å². The van der Waals surface area contributed by atoms with Gasteiger partial charge >= 0.3 is 0 Å². The minimum Gasteiger partial charge on any atom is -0.396 e. The maximum Gasteiger partial charge on any atom is 0.204 e. The summed E-state index contributed by atoms with van der Waals surface area (Å²) in [6.45, 7) is 71.5. The van der Waals surface area contributed by atoms with Gasteiger partial charge in [-0.2, -0.15) is 0 Å². The predicted molar refractivity (Wildman–Crippen MR) is 375 cm³/mol. The number of ether oxygens (including phenoxy) is 4. The van der Waals surface area contributed by atoms with Crippen molar-refractivity contribution in [2.75, 3.05) is 26.4 Å². The van der Waals surface area contributed by atoms with E-state index in [0.717, 1.165) is 56.9 Å². The zero-order chi connectivity index (χ0) is 67.0. The van der Waals surface area contributed by atoms with Crippen LogP contribution in [0.5, 0.6) is 0 Å². The lowest BCUT2D eigenvalue weighted by Crippen LogP contribution is -2.72. The molecule has 496 valence electrons. The van der Waals surface area contributed by atoms with Crippen molar-refractivity contribution < 1.29 is 29.2 Å². The second kappa shape index (κ2) is 23.5. The van der Waals surface area contributed by atoms with Crippen LogP contribution in [0.1, 0.15) is 366 Å². The van der Waals surface area contributed by atoms with E-state index in [0.29, 0.717) is 0 Å². The Balaban J connectivity index is 1.88. The third kappa shape index (κ3) is 11.0. The van der Waals surface area contributed by atoms with Crippen LogP contribution in [0.2, 0.25) is 0 Å². The highest BCUT2D eigenvalue weighted by Gasteiger charge is 2.76. The Bertz CT molecular complexity index is 3150. The highest BCUT2D eigenvalue weighted by molar-refractivity contribution is 5.68. The van der Waals surface area contributed by atoms with E-state index in [-0.39, 0.29) is 81.6 Å². The van der Waals surface area contributed by atoms with Crippen molar-refractivity contribution in [2.24, 2.45) is 16.2 Å². The van der Waals surface area contributed by atoms with Crippen LogP contribution >= 0.6 is 0 Å². The Labute approximate surface area is 544 Å². The van der Waals surface area contributed by atoms with E-state index >= 15 is 0 Å². The van der Waals surface area contributed by atoms with Crippen molar-refractivity contribution in [1.29, 1.82) is 0 Å². The molecule has 6 heteroatoms. The van der Waals surface area contributed by atoms with Crippen LogP contribution in [0.15, 0.2) is 48.5 Å². The first-order chi connectivity index (χ1) is 40.9. The summed E-state index contributed by atoms with van der Waals surface area (Å²) in [6.07, 6.45) is 5.87. The Hall–Kier alpha value is -3.36. The Morgan fingerprint density at radius 3 is 1.03 bits per heavy atom. The second-order valence-corrected chi connectivity index (χ2v) is 35.5. The molecule has 2 saturated heterocycles. The normalized spacial score (nSPS) is 24.7. The van der Waals surface area contributed by atoms with Gasteiger partial charge in [-0.3, -0.25) is 0 Å². The molecule has 1 aliphatic carbocycles. The summed E-state index contributed by atoms with van der Waals surface area (Å²) < 4.78 is 34.2. The lowest BCUT2D eigenvalue weighted by atomic mass is 9.49. The first-order valence-electron chi connectivity index (χ1n) is 35.5. The van der Waals surface area contributed by atoms with Crippen LogP contribution in [0.4, 0.5) is 0 Å². The first kappa shape index (κ1) is 71.5. The molecule has 4 aromatic rings. The molecule has 6 nitrogen and oxygen atoms in total.